The van der Waals surface area contributed by atoms with E-state index in [0.717, 1.165) is 37.3 Å². The third-order valence-electron chi connectivity index (χ3n) is 4.87. The van der Waals surface area contributed by atoms with Crippen molar-refractivity contribution in [2.24, 2.45) is 10.9 Å². The van der Waals surface area contributed by atoms with Gasteiger partial charge in [-0.2, -0.15) is 0 Å². The number of allylic oxidation sites excluding steroid dienone is 1. The van der Waals surface area contributed by atoms with Crippen molar-refractivity contribution < 1.29 is 0 Å². The molecule has 0 aromatic carbocycles. The Labute approximate surface area is 194 Å². The lowest BCUT2D eigenvalue weighted by molar-refractivity contribution is 0.193. The molecule has 0 N–H and O–H groups in total. The van der Waals surface area contributed by atoms with Crippen LogP contribution in [0.2, 0.25) is 0 Å². The van der Waals surface area contributed by atoms with Gasteiger partial charge in [0.2, 0.25) is 0 Å². The predicted molar refractivity (Wildman–Crippen MR) is 143 cm³/mol. The van der Waals surface area contributed by atoms with Crippen LogP contribution in [0.1, 0.15) is 86.5 Å². The van der Waals surface area contributed by atoms with E-state index in [2.05, 4.69) is 56.5 Å². The van der Waals surface area contributed by atoms with Gasteiger partial charge in [0.05, 0.1) is 6.54 Å². The third-order valence-corrected chi connectivity index (χ3v) is 5.87. The van der Waals surface area contributed by atoms with Crippen molar-refractivity contribution in [3.63, 3.8) is 0 Å². The molecule has 0 bridgehead atoms. The molecule has 1 heterocycles. The minimum Gasteiger partial charge on any atom is -0.351 e. The molecule has 30 heavy (non-hydrogen) atoms. The minimum absolute atomic E-state index is 0.724. The zero-order valence-electron chi connectivity index (χ0n) is 21.6. The summed E-state index contributed by atoms with van der Waals surface area (Å²) in [5.41, 5.74) is 0. The fraction of sp³-hybridized carbons (Fsp3) is 0.808. The quantitative estimate of drug-likeness (QED) is 0.221. The van der Waals surface area contributed by atoms with E-state index >= 15 is 0 Å². The fourth-order valence-electron chi connectivity index (χ4n) is 2.97. The summed E-state index contributed by atoms with van der Waals surface area (Å²) in [6, 6.07) is 0.724. The van der Waals surface area contributed by atoms with Gasteiger partial charge in [0, 0.05) is 24.9 Å². The fourth-order valence-corrected chi connectivity index (χ4v) is 3.85. The summed E-state index contributed by atoms with van der Waals surface area (Å²) >= 11 is 1.88. The lowest BCUT2D eigenvalue weighted by Gasteiger charge is -2.36. The highest BCUT2D eigenvalue weighted by molar-refractivity contribution is 8.13. The summed E-state index contributed by atoms with van der Waals surface area (Å²) in [5.74, 6) is 1.91. The van der Waals surface area contributed by atoms with Gasteiger partial charge < -0.3 is 9.80 Å². The van der Waals surface area contributed by atoms with Crippen LogP contribution in [0.15, 0.2) is 29.8 Å². The molecule has 1 saturated carbocycles. The number of unbranched alkanes of at least 4 members (excludes halogenated alkanes) is 2. The summed E-state index contributed by atoms with van der Waals surface area (Å²) in [4.78, 5) is 9.52. The van der Waals surface area contributed by atoms with Crippen LogP contribution in [0.3, 0.4) is 0 Å². The molecule has 0 spiro atoms. The molecule has 2 rings (SSSR count). The van der Waals surface area contributed by atoms with Gasteiger partial charge in [-0.3, -0.25) is 4.99 Å². The Balaban J connectivity index is 0. The molecule has 0 aromatic rings. The first-order valence-corrected chi connectivity index (χ1v) is 13.5. The summed E-state index contributed by atoms with van der Waals surface area (Å²) in [5, 5.41) is 1.20. The lowest BCUT2D eigenvalue weighted by atomic mass is 10.1. The SMILES string of the molecule is C=CCN=C(SC/C=C/C1CC1)N1CCC(N(C)C)CC1.CC.CC.CCCCC. The van der Waals surface area contributed by atoms with Gasteiger partial charge in [-0.1, -0.05) is 90.8 Å². The van der Waals surface area contributed by atoms with Gasteiger partial charge in [0.1, 0.15) is 0 Å². The number of rotatable bonds is 8. The smallest absolute Gasteiger partial charge is 0.159 e. The zero-order valence-corrected chi connectivity index (χ0v) is 22.4. The Morgan fingerprint density at radius 2 is 1.60 bits per heavy atom. The van der Waals surface area contributed by atoms with Crippen LogP contribution in [0.25, 0.3) is 0 Å². The molecule has 2 aliphatic rings. The average molecular weight is 440 g/mol. The molecule has 4 heteroatoms. The van der Waals surface area contributed by atoms with Gasteiger partial charge in [0.25, 0.3) is 0 Å². The van der Waals surface area contributed by atoms with Crippen molar-refractivity contribution in [3.8, 4) is 0 Å². The van der Waals surface area contributed by atoms with Crippen LogP contribution in [-0.2, 0) is 0 Å². The number of amidine groups is 1. The Bertz CT molecular complexity index is 418. The molecule has 1 saturated heterocycles. The van der Waals surface area contributed by atoms with E-state index in [1.54, 1.807) is 0 Å². The molecule has 0 unspecified atom stereocenters. The molecule has 178 valence electrons. The van der Waals surface area contributed by atoms with Crippen molar-refractivity contribution >= 4 is 16.9 Å². The first-order chi connectivity index (χ1) is 14.6. The van der Waals surface area contributed by atoms with Crippen molar-refractivity contribution in [1.82, 2.24) is 9.80 Å². The van der Waals surface area contributed by atoms with Crippen LogP contribution >= 0.6 is 11.8 Å². The highest BCUT2D eigenvalue weighted by atomic mass is 32.2. The van der Waals surface area contributed by atoms with Crippen LogP contribution in [0.5, 0.6) is 0 Å². The first kappa shape index (κ1) is 31.4. The monoisotopic (exact) mass is 439 g/mol. The molecule has 2 fully saturated rings. The average Bonchev–Trinajstić information content (AvgIpc) is 3.62. The normalized spacial score (nSPS) is 16.8. The van der Waals surface area contributed by atoms with Gasteiger partial charge in [-0.25, -0.2) is 0 Å². The molecule has 1 aliphatic heterocycles. The van der Waals surface area contributed by atoms with E-state index in [9.17, 15) is 0 Å². The Hall–Kier alpha value is -0.740. The van der Waals surface area contributed by atoms with E-state index in [1.807, 2.05) is 45.5 Å². The van der Waals surface area contributed by atoms with Crippen LogP contribution < -0.4 is 0 Å². The van der Waals surface area contributed by atoms with E-state index in [4.69, 9.17) is 4.99 Å². The number of nitrogens with zero attached hydrogens (tertiary/aromatic N) is 3. The van der Waals surface area contributed by atoms with Crippen molar-refractivity contribution in [2.45, 2.75) is 92.5 Å². The largest absolute Gasteiger partial charge is 0.351 e. The summed E-state index contributed by atoms with van der Waals surface area (Å²) in [7, 11) is 4.37. The zero-order chi connectivity index (χ0) is 23.2. The molecule has 3 nitrogen and oxygen atoms in total. The lowest BCUT2D eigenvalue weighted by Crippen LogP contribution is -2.43. The van der Waals surface area contributed by atoms with E-state index in [0.29, 0.717) is 0 Å². The Kier molecular flexibility index (Phi) is 24.0. The first-order valence-electron chi connectivity index (χ1n) is 12.5. The summed E-state index contributed by atoms with van der Waals surface area (Å²) < 4.78 is 0. The maximum atomic E-state index is 4.71. The molecular formula is C26H53N3S. The second-order valence-corrected chi connectivity index (χ2v) is 8.51. The third kappa shape index (κ3) is 17.0. The minimum atomic E-state index is 0.724. The maximum absolute atomic E-state index is 4.71. The number of likely N-dealkylation sites (tertiary alicyclic amines) is 1. The standard InChI is InChI=1S/C17H29N3S.C5H12.2C2H6/c1-4-11-18-17(21-14-5-6-15-7-8-15)20-12-9-16(10-13-20)19(2)3;1-3-5-4-2;2*1-2/h4-6,15-16H,1,7-14H2,2-3H3;3-5H2,1-2H3;2*1-2H3/b6-5+,18-17?;;;. The Morgan fingerprint density at radius 1 is 1.03 bits per heavy atom. The molecule has 1 aliphatic carbocycles. The molecule has 0 aromatic heterocycles. The number of hydrogen-bond acceptors (Lipinski definition) is 3. The van der Waals surface area contributed by atoms with E-state index in [-0.39, 0.29) is 0 Å². The van der Waals surface area contributed by atoms with Gasteiger partial charge in [0.15, 0.2) is 5.17 Å². The number of hydrogen-bond donors (Lipinski definition) is 0. The van der Waals surface area contributed by atoms with Crippen molar-refractivity contribution in [3.05, 3.63) is 24.8 Å². The number of aliphatic imine (C=N–C) groups is 1. The molecular weight excluding hydrogens is 386 g/mol. The van der Waals surface area contributed by atoms with Gasteiger partial charge in [-0.05, 0) is 45.7 Å². The highest BCUT2D eigenvalue weighted by Crippen LogP contribution is 2.30. The molecule has 0 radical (unpaired) electrons. The summed E-state index contributed by atoms with van der Waals surface area (Å²) in [6.07, 6.45) is 15.9. The topological polar surface area (TPSA) is 18.8 Å². The van der Waals surface area contributed by atoms with E-state index in [1.165, 1.54) is 50.1 Å². The summed E-state index contributed by atoms with van der Waals surface area (Å²) in [6.45, 7) is 19.2. The number of thioether (sulfide) groups is 1. The van der Waals surface area contributed by atoms with Crippen LogP contribution in [0, 0.1) is 5.92 Å². The van der Waals surface area contributed by atoms with Crippen LogP contribution in [0.4, 0.5) is 0 Å². The maximum Gasteiger partial charge on any atom is 0.159 e. The second-order valence-electron chi connectivity index (χ2n) is 7.52. The molecule has 0 amide bonds. The van der Waals surface area contributed by atoms with Gasteiger partial charge >= 0.3 is 0 Å². The van der Waals surface area contributed by atoms with Crippen molar-refractivity contribution in [1.29, 1.82) is 0 Å². The Morgan fingerprint density at radius 3 is 2.00 bits per heavy atom. The number of piperidine rings is 1. The van der Waals surface area contributed by atoms with E-state index < -0.39 is 0 Å². The van der Waals surface area contributed by atoms with Crippen LogP contribution in [-0.4, -0.2) is 60.5 Å². The van der Waals surface area contributed by atoms with Gasteiger partial charge in [-0.15, -0.1) is 6.58 Å². The predicted octanol–water partition coefficient (Wildman–Crippen LogP) is 7.50. The van der Waals surface area contributed by atoms with Crippen molar-refractivity contribution in [2.75, 3.05) is 39.5 Å². The highest BCUT2D eigenvalue weighted by Gasteiger charge is 2.23. The molecule has 0 atom stereocenters. The second kappa shape index (κ2) is 22.9.